The van der Waals surface area contributed by atoms with Gasteiger partial charge in [0.1, 0.15) is 23.8 Å². The number of hydrogen-bond acceptors (Lipinski definition) is 4. The maximum absolute atomic E-state index is 9.93. The van der Waals surface area contributed by atoms with Crippen molar-refractivity contribution in [2.75, 3.05) is 6.61 Å². The molecule has 0 aliphatic heterocycles. The summed E-state index contributed by atoms with van der Waals surface area (Å²) >= 11 is 6.16. The van der Waals surface area contributed by atoms with Crippen molar-refractivity contribution in [1.29, 1.82) is 5.26 Å². The highest BCUT2D eigenvalue weighted by Gasteiger charge is 2.35. The lowest BCUT2D eigenvalue weighted by molar-refractivity contribution is 0.318. The maximum Gasteiger partial charge on any atom is 0.137 e. The van der Waals surface area contributed by atoms with Crippen molar-refractivity contribution in [2.45, 2.75) is 38.6 Å². The highest BCUT2D eigenvalue weighted by molar-refractivity contribution is 6.30. The van der Waals surface area contributed by atoms with Gasteiger partial charge < -0.3 is 4.74 Å². The van der Waals surface area contributed by atoms with Crippen molar-refractivity contribution in [3.8, 4) is 11.8 Å². The second kappa shape index (κ2) is 7.28. The van der Waals surface area contributed by atoms with Gasteiger partial charge in [0.25, 0.3) is 0 Å². The zero-order chi connectivity index (χ0) is 16.0. The normalized spacial score (nSPS) is 13.4. The van der Waals surface area contributed by atoms with Crippen LogP contribution in [0.15, 0.2) is 30.9 Å². The molecule has 1 atom stereocenters. The Balaban J connectivity index is 2.53. The van der Waals surface area contributed by atoms with Crippen LogP contribution in [0.3, 0.4) is 0 Å². The van der Waals surface area contributed by atoms with Gasteiger partial charge in [-0.05, 0) is 31.5 Å². The summed E-state index contributed by atoms with van der Waals surface area (Å²) in [6.07, 6.45) is 4.63. The fourth-order valence-electron chi connectivity index (χ4n) is 2.63. The predicted octanol–water partition coefficient (Wildman–Crippen LogP) is 3.59. The average Bonchev–Trinajstić information content (AvgIpc) is 3.01. The van der Waals surface area contributed by atoms with Gasteiger partial charge in [-0.2, -0.15) is 10.4 Å². The first-order chi connectivity index (χ1) is 10.6. The SMILES string of the molecule is CCCC(C#N)(Cn1cncn1)c1cc(Cl)ccc1OCC. The lowest BCUT2D eigenvalue weighted by Crippen LogP contribution is -2.31. The predicted molar refractivity (Wildman–Crippen MR) is 84.8 cm³/mol. The van der Waals surface area contributed by atoms with E-state index >= 15 is 0 Å². The molecular formula is C16H19ClN4O. The molecule has 0 amide bonds. The number of ether oxygens (including phenoxy) is 1. The third kappa shape index (κ3) is 3.40. The molecule has 1 aromatic carbocycles. The molecule has 0 aliphatic rings. The van der Waals surface area contributed by atoms with Gasteiger partial charge in [-0.25, -0.2) is 4.98 Å². The molecule has 1 aromatic heterocycles. The van der Waals surface area contributed by atoms with E-state index in [9.17, 15) is 5.26 Å². The Hall–Kier alpha value is -2.06. The van der Waals surface area contributed by atoms with Crippen LogP contribution in [0.1, 0.15) is 32.3 Å². The minimum atomic E-state index is -0.752. The Labute approximate surface area is 135 Å². The molecule has 1 unspecified atom stereocenters. The zero-order valence-electron chi connectivity index (χ0n) is 12.8. The van der Waals surface area contributed by atoms with E-state index in [1.54, 1.807) is 17.1 Å². The molecule has 0 saturated heterocycles. The number of rotatable bonds is 7. The average molecular weight is 319 g/mol. The van der Waals surface area contributed by atoms with Crippen LogP contribution in [-0.2, 0) is 12.0 Å². The van der Waals surface area contributed by atoms with Gasteiger partial charge >= 0.3 is 0 Å². The van der Waals surface area contributed by atoms with Crippen molar-refractivity contribution in [1.82, 2.24) is 14.8 Å². The fraction of sp³-hybridized carbons (Fsp3) is 0.438. The summed E-state index contributed by atoms with van der Waals surface area (Å²) in [5.74, 6) is 0.696. The van der Waals surface area contributed by atoms with E-state index in [1.807, 2.05) is 19.1 Å². The van der Waals surface area contributed by atoms with Crippen LogP contribution >= 0.6 is 11.6 Å². The van der Waals surface area contributed by atoms with Crippen LogP contribution in [0.25, 0.3) is 0 Å². The summed E-state index contributed by atoms with van der Waals surface area (Å²) in [5.41, 5.74) is 0.0550. The van der Waals surface area contributed by atoms with Crippen molar-refractivity contribution in [2.24, 2.45) is 0 Å². The molecule has 2 aromatic rings. The fourth-order valence-corrected chi connectivity index (χ4v) is 2.80. The summed E-state index contributed by atoms with van der Waals surface area (Å²) in [6.45, 7) is 4.92. The molecule has 0 radical (unpaired) electrons. The molecule has 2 rings (SSSR count). The van der Waals surface area contributed by atoms with E-state index in [1.165, 1.54) is 6.33 Å². The van der Waals surface area contributed by atoms with Gasteiger partial charge in [0, 0.05) is 10.6 Å². The van der Waals surface area contributed by atoms with Crippen molar-refractivity contribution in [3.63, 3.8) is 0 Å². The summed E-state index contributed by atoms with van der Waals surface area (Å²) in [4.78, 5) is 3.96. The number of nitriles is 1. The highest BCUT2D eigenvalue weighted by Crippen LogP contribution is 2.38. The number of nitrogens with zero attached hydrogens (tertiary/aromatic N) is 4. The van der Waals surface area contributed by atoms with Crippen molar-refractivity contribution in [3.05, 3.63) is 41.4 Å². The van der Waals surface area contributed by atoms with E-state index in [4.69, 9.17) is 16.3 Å². The number of aromatic nitrogens is 3. The number of hydrogen-bond donors (Lipinski definition) is 0. The highest BCUT2D eigenvalue weighted by atomic mass is 35.5. The van der Waals surface area contributed by atoms with Gasteiger partial charge in [-0.3, -0.25) is 4.68 Å². The van der Waals surface area contributed by atoms with E-state index in [2.05, 4.69) is 23.1 Å². The third-order valence-electron chi connectivity index (χ3n) is 3.55. The number of benzene rings is 1. The van der Waals surface area contributed by atoms with Crippen LogP contribution in [0.4, 0.5) is 0 Å². The smallest absolute Gasteiger partial charge is 0.137 e. The third-order valence-corrected chi connectivity index (χ3v) is 3.78. The molecule has 5 nitrogen and oxygen atoms in total. The van der Waals surface area contributed by atoms with Crippen LogP contribution in [0.2, 0.25) is 5.02 Å². The molecule has 116 valence electrons. The summed E-state index contributed by atoms with van der Waals surface area (Å²) in [7, 11) is 0. The van der Waals surface area contributed by atoms with Gasteiger partial charge in [0.05, 0.1) is 19.2 Å². The molecule has 1 heterocycles. The molecule has 0 saturated carbocycles. The number of halogens is 1. The molecule has 0 N–H and O–H groups in total. The molecular weight excluding hydrogens is 300 g/mol. The topological polar surface area (TPSA) is 63.7 Å². The minimum absolute atomic E-state index is 0.414. The molecule has 6 heteroatoms. The Morgan fingerprint density at radius 2 is 2.23 bits per heavy atom. The van der Waals surface area contributed by atoms with Crippen LogP contribution < -0.4 is 4.74 Å². The Bertz CT molecular complexity index is 651. The van der Waals surface area contributed by atoms with Crippen LogP contribution in [0, 0.1) is 11.3 Å². The van der Waals surface area contributed by atoms with E-state index < -0.39 is 5.41 Å². The van der Waals surface area contributed by atoms with Gasteiger partial charge in [0.2, 0.25) is 0 Å². The standard InChI is InChI=1S/C16H19ClN4O/c1-3-7-16(9-18,10-21-12-19-11-20-21)14-8-13(17)5-6-15(14)22-4-2/h5-6,8,11-12H,3-4,7,10H2,1-2H3. The monoisotopic (exact) mass is 318 g/mol. The Morgan fingerprint density at radius 1 is 1.41 bits per heavy atom. The second-order valence-electron chi connectivity index (χ2n) is 5.11. The van der Waals surface area contributed by atoms with Crippen molar-refractivity contribution >= 4 is 11.6 Å². The molecule has 0 aliphatic carbocycles. The first kappa shape index (κ1) is 16.3. The largest absolute Gasteiger partial charge is 0.494 e. The van der Waals surface area contributed by atoms with Crippen LogP contribution in [-0.4, -0.2) is 21.4 Å². The van der Waals surface area contributed by atoms with Crippen LogP contribution in [0.5, 0.6) is 5.75 Å². The van der Waals surface area contributed by atoms with Gasteiger partial charge in [-0.15, -0.1) is 0 Å². The molecule has 22 heavy (non-hydrogen) atoms. The lowest BCUT2D eigenvalue weighted by atomic mass is 9.77. The molecule has 0 bridgehead atoms. The molecule has 0 fully saturated rings. The van der Waals surface area contributed by atoms with Gasteiger partial charge in [-0.1, -0.05) is 24.9 Å². The van der Waals surface area contributed by atoms with E-state index in [0.717, 1.165) is 12.0 Å². The Kier molecular flexibility index (Phi) is 5.40. The Morgan fingerprint density at radius 3 is 2.82 bits per heavy atom. The first-order valence-electron chi connectivity index (χ1n) is 7.31. The quantitative estimate of drug-likeness (QED) is 0.782. The second-order valence-corrected chi connectivity index (χ2v) is 5.55. The van der Waals surface area contributed by atoms with E-state index in [-0.39, 0.29) is 0 Å². The minimum Gasteiger partial charge on any atom is -0.494 e. The summed E-state index contributed by atoms with van der Waals surface area (Å²) in [5, 5.41) is 14.7. The van der Waals surface area contributed by atoms with Crippen molar-refractivity contribution < 1.29 is 4.74 Å². The maximum atomic E-state index is 9.93. The lowest BCUT2D eigenvalue weighted by Gasteiger charge is -2.28. The molecule has 0 spiro atoms. The zero-order valence-corrected chi connectivity index (χ0v) is 13.5. The summed E-state index contributed by atoms with van der Waals surface area (Å²) in [6, 6.07) is 7.89. The van der Waals surface area contributed by atoms with E-state index in [0.29, 0.717) is 30.3 Å². The summed E-state index contributed by atoms with van der Waals surface area (Å²) < 4.78 is 7.39. The van der Waals surface area contributed by atoms with Gasteiger partial charge in [0.15, 0.2) is 0 Å². The first-order valence-corrected chi connectivity index (χ1v) is 7.69.